The van der Waals surface area contributed by atoms with Crippen LogP contribution in [0.4, 0.5) is 5.88 Å². The number of carbonyl (C=O) groups excluding carboxylic acids is 1. The van der Waals surface area contributed by atoms with Crippen LogP contribution in [0.3, 0.4) is 0 Å². The lowest BCUT2D eigenvalue weighted by molar-refractivity contribution is -0.115. The van der Waals surface area contributed by atoms with Crippen molar-refractivity contribution < 1.29 is 18.7 Å². The molecular formula is C17H18N2O4. The van der Waals surface area contributed by atoms with Crippen LogP contribution in [0.2, 0.25) is 0 Å². The van der Waals surface area contributed by atoms with Crippen LogP contribution in [-0.2, 0) is 11.2 Å². The van der Waals surface area contributed by atoms with Gasteiger partial charge >= 0.3 is 0 Å². The molecule has 0 atom stereocenters. The molecule has 1 aromatic heterocycles. The number of ether oxygens (including phenoxy) is 2. The Labute approximate surface area is 134 Å². The lowest BCUT2D eigenvalue weighted by Gasteiger charge is -2.09. The number of nitriles is 1. The standard InChI is InChI=1S/C17H18N2O4/c1-10-11(2)23-17(13(10)9-18)19-16(20)8-12-5-6-14(21-3)15(7-12)22-4/h5-7H,8H2,1-4H3,(H,19,20). The van der Waals surface area contributed by atoms with Crippen molar-refractivity contribution in [3.63, 3.8) is 0 Å². The summed E-state index contributed by atoms with van der Waals surface area (Å²) in [6.45, 7) is 3.53. The molecule has 0 radical (unpaired) electrons. The highest BCUT2D eigenvalue weighted by molar-refractivity contribution is 5.92. The Kier molecular flexibility index (Phi) is 4.91. The van der Waals surface area contributed by atoms with Crippen molar-refractivity contribution in [3.05, 3.63) is 40.6 Å². The minimum atomic E-state index is -0.275. The Hall–Kier alpha value is -2.94. The van der Waals surface area contributed by atoms with E-state index in [1.807, 2.05) is 6.07 Å². The van der Waals surface area contributed by atoms with Gasteiger partial charge in [0.25, 0.3) is 0 Å². The molecule has 0 spiro atoms. The van der Waals surface area contributed by atoms with E-state index in [0.29, 0.717) is 22.8 Å². The van der Waals surface area contributed by atoms with Crippen molar-refractivity contribution in [1.29, 1.82) is 5.26 Å². The SMILES string of the molecule is COc1ccc(CC(=O)Nc2oc(C)c(C)c2C#N)cc1OC. The zero-order chi connectivity index (χ0) is 17.0. The predicted octanol–water partition coefficient (Wildman–Crippen LogP) is 2.97. The number of methoxy groups -OCH3 is 2. The number of nitrogens with zero attached hydrogens (tertiary/aromatic N) is 1. The number of amides is 1. The number of hydrogen-bond acceptors (Lipinski definition) is 5. The van der Waals surface area contributed by atoms with Gasteiger partial charge in [-0.05, 0) is 31.5 Å². The highest BCUT2D eigenvalue weighted by Gasteiger charge is 2.17. The van der Waals surface area contributed by atoms with Gasteiger partial charge in [0.2, 0.25) is 11.8 Å². The summed E-state index contributed by atoms with van der Waals surface area (Å²) in [6.07, 6.45) is 0.129. The van der Waals surface area contributed by atoms with Gasteiger partial charge < -0.3 is 13.9 Å². The van der Waals surface area contributed by atoms with E-state index in [1.54, 1.807) is 39.2 Å². The molecule has 23 heavy (non-hydrogen) atoms. The second-order valence-corrected chi connectivity index (χ2v) is 5.01. The molecule has 1 amide bonds. The first-order chi connectivity index (χ1) is 11.0. The fraction of sp³-hybridized carbons (Fsp3) is 0.294. The van der Waals surface area contributed by atoms with Gasteiger partial charge in [0.15, 0.2) is 11.5 Å². The van der Waals surface area contributed by atoms with E-state index in [0.717, 1.165) is 11.1 Å². The van der Waals surface area contributed by atoms with Crippen LogP contribution in [0.1, 0.15) is 22.5 Å². The normalized spacial score (nSPS) is 10.0. The summed E-state index contributed by atoms with van der Waals surface area (Å²) in [5, 5.41) is 11.8. The molecule has 6 nitrogen and oxygen atoms in total. The minimum absolute atomic E-state index is 0.129. The number of nitrogens with one attached hydrogen (secondary N) is 1. The summed E-state index contributed by atoms with van der Waals surface area (Å²) in [5.41, 5.74) is 1.84. The maximum atomic E-state index is 12.2. The molecule has 6 heteroatoms. The molecule has 1 heterocycles. The Balaban J connectivity index is 2.14. The topological polar surface area (TPSA) is 84.5 Å². The van der Waals surface area contributed by atoms with Crippen LogP contribution in [0.5, 0.6) is 11.5 Å². The smallest absolute Gasteiger partial charge is 0.231 e. The number of aryl methyl sites for hydroxylation is 1. The number of anilines is 1. The Morgan fingerprint density at radius 2 is 1.96 bits per heavy atom. The average Bonchev–Trinajstić information content (AvgIpc) is 2.80. The van der Waals surface area contributed by atoms with Gasteiger partial charge in [0, 0.05) is 5.56 Å². The van der Waals surface area contributed by atoms with Crippen molar-refractivity contribution in [2.24, 2.45) is 0 Å². The van der Waals surface area contributed by atoms with Gasteiger partial charge in [0.05, 0.1) is 20.6 Å². The average molecular weight is 314 g/mol. The van der Waals surface area contributed by atoms with Gasteiger partial charge in [-0.25, -0.2) is 0 Å². The van der Waals surface area contributed by atoms with Crippen LogP contribution >= 0.6 is 0 Å². The molecule has 2 rings (SSSR count). The van der Waals surface area contributed by atoms with E-state index in [4.69, 9.17) is 19.2 Å². The van der Waals surface area contributed by atoms with Crippen molar-refractivity contribution in [2.75, 3.05) is 19.5 Å². The number of benzene rings is 1. The predicted molar refractivity (Wildman–Crippen MR) is 84.8 cm³/mol. The van der Waals surface area contributed by atoms with E-state index in [9.17, 15) is 4.79 Å². The Bertz CT molecular complexity index is 772. The molecule has 2 aromatic rings. The molecule has 0 aliphatic carbocycles. The second-order valence-electron chi connectivity index (χ2n) is 5.01. The Morgan fingerprint density at radius 1 is 1.26 bits per heavy atom. The maximum absolute atomic E-state index is 12.2. The molecule has 0 bridgehead atoms. The monoisotopic (exact) mass is 314 g/mol. The van der Waals surface area contributed by atoms with E-state index >= 15 is 0 Å². The summed E-state index contributed by atoms with van der Waals surface area (Å²) in [6, 6.07) is 7.30. The van der Waals surface area contributed by atoms with Crippen molar-refractivity contribution >= 4 is 11.8 Å². The lowest BCUT2D eigenvalue weighted by Crippen LogP contribution is -2.14. The van der Waals surface area contributed by atoms with Gasteiger partial charge in [-0.3, -0.25) is 10.1 Å². The summed E-state index contributed by atoms with van der Waals surface area (Å²) in [5.74, 6) is 1.68. The highest BCUT2D eigenvalue weighted by Crippen LogP contribution is 2.28. The number of furan rings is 1. The van der Waals surface area contributed by atoms with Gasteiger partial charge in [-0.1, -0.05) is 6.07 Å². The van der Waals surface area contributed by atoms with E-state index in [-0.39, 0.29) is 18.2 Å². The fourth-order valence-electron chi connectivity index (χ4n) is 2.20. The third kappa shape index (κ3) is 3.46. The van der Waals surface area contributed by atoms with Crippen molar-refractivity contribution in [1.82, 2.24) is 0 Å². The first-order valence-electron chi connectivity index (χ1n) is 7.01. The van der Waals surface area contributed by atoms with Crippen LogP contribution in [0.25, 0.3) is 0 Å². The van der Waals surface area contributed by atoms with E-state index in [2.05, 4.69) is 5.32 Å². The number of hydrogen-bond donors (Lipinski definition) is 1. The summed E-state index contributed by atoms with van der Waals surface area (Å²) in [4.78, 5) is 12.2. The van der Waals surface area contributed by atoms with Crippen molar-refractivity contribution in [3.8, 4) is 17.6 Å². The van der Waals surface area contributed by atoms with Gasteiger partial charge in [0.1, 0.15) is 17.4 Å². The van der Waals surface area contributed by atoms with E-state index in [1.165, 1.54) is 7.11 Å². The van der Waals surface area contributed by atoms with E-state index < -0.39 is 0 Å². The first kappa shape index (κ1) is 16.4. The molecule has 0 aliphatic heterocycles. The number of carbonyl (C=O) groups is 1. The molecule has 0 fully saturated rings. The molecular weight excluding hydrogens is 296 g/mol. The summed E-state index contributed by atoms with van der Waals surface area (Å²) < 4.78 is 15.8. The van der Waals surface area contributed by atoms with Gasteiger partial charge in [-0.2, -0.15) is 5.26 Å². The van der Waals surface area contributed by atoms with Gasteiger partial charge in [-0.15, -0.1) is 0 Å². The van der Waals surface area contributed by atoms with Crippen LogP contribution < -0.4 is 14.8 Å². The van der Waals surface area contributed by atoms with Crippen LogP contribution in [0, 0.1) is 25.2 Å². The highest BCUT2D eigenvalue weighted by atomic mass is 16.5. The summed E-state index contributed by atoms with van der Waals surface area (Å²) in [7, 11) is 3.09. The van der Waals surface area contributed by atoms with Crippen molar-refractivity contribution in [2.45, 2.75) is 20.3 Å². The molecule has 0 unspecified atom stereocenters. The number of rotatable bonds is 5. The Morgan fingerprint density at radius 3 is 2.57 bits per heavy atom. The fourth-order valence-corrected chi connectivity index (χ4v) is 2.20. The molecule has 0 saturated carbocycles. The molecule has 0 aliphatic rings. The zero-order valence-electron chi connectivity index (χ0n) is 13.5. The van der Waals surface area contributed by atoms with Crippen LogP contribution in [0.15, 0.2) is 22.6 Å². The first-order valence-corrected chi connectivity index (χ1v) is 7.01. The third-order valence-corrected chi connectivity index (χ3v) is 3.56. The maximum Gasteiger partial charge on any atom is 0.231 e. The second kappa shape index (κ2) is 6.88. The lowest BCUT2D eigenvalue weighted by atomic mass is 10.1. The minimum Gasteiger partial charge on any atom is -0.493 e. The molecule has 1 N–H and O–H groups in total. The third-order valence-electron chi connectivity index (χ3n) is 3.56. The largest absolute Gasteiger partial charge is 0.493 e. The zero-order valence-corrected chi connectivity index (χ0v) is 13.5. The molecule has 0 saturated heterocycles. The molecule has 1 aromatic carbocycles. The molecule has 120 valence electrons. The summed E-state index contributed by atoms with van der Waals surface area (Å²) >= 11 is 0. The quantitative estimate of drug-likeness (QED) is 0.917. The van der Waals surface area contributed by atoms with Crippen LogP contribution in [-0.4, -0.2) is 20.1 Å².